The summed E-state index contributed by atoms with van der Waals surface area (Å²) in [4.78, 5) is 7.01. The summed E-state index contributed by atoms with van der Waals surface area (Å²) in [6.07, 6.45) is 0. The highest BCUT2D eigenvalue weighted by Crippen LogP contribution is 2.39. The van der Waals surface area contributed by atoms with E-state index >= 15 is 0 Å². The third kappa shape index (κ3) is 4.27. The molecule has 45 heavy (non-hydrogen) atoms. The van der Waals surface area contributed by atoms with Crippen LogP contribution in [0.25, 0.3) is 60.8 Å². The van der Waals surface area contributed by atoms with E-state index in [1.807, 2.05) is 24.3 Å². The lowest BCUT2D eigenvalue weighted by molar-refractivity contribution is 0.620. The Labute approximate surface area is 260 Å². The summed E-state index contributed by atoms with van der Waals surface area (Å²) in [5.41, 5.74) is 9.33. The maximum atomic E-state index is 6.05. The van der Waals surface area contributed by atoms with Crippen LogP contribution in [0.15, 0.2) is 168 Å². The molecule has 2 aromatic heterocycles. The van der Waals surface area contributed by atoms with Gasteiger partial charge in [0.05, 0.1) is 11.0 Å². The van der Waals surface area contributed by atoms with Crippen molar-refractivity contribution < 1.29 is 4.42 Å². The Morgan fingerprint density at radius 1 is 0.489 bits per heavy atom. The van der Waals surface area contributed by atoms with E-state index in [2.05, 4.69) is 149 Å². The second-order valence-corrected chi connectivity index (χ2v) is 11.3. The highest BCUT2D eigenvalue weighted by molar-refractivity contribution is 6.09. The van der Waals surface area contributed by atoms with Gasteiger partial charge in [0.15, 0.2) is 5.58 Å². The molecule has 9 rings (SSSR count). The number of para-hydroxylation sites is 4. The molecular weight excluding hydrogens is 550 g/mol. The van der Waals surface area contributed by atoms with Gasteiger partial charge in [0.1, 0.15) is 5.52 Å². The van der Waals surface area contributed by atoms with E-state index in [9.17, 15) is 0 Å². The number of fused-ring (bicyclic) bond motifs is 5. The molecule has 0 bridgehead atoms. The minimum Gasteiger partial charge on any atom is -0.436 e. The highest BCUT2D eigenvalue weighted by atomic mass is 16.3. The van der Waals surface area contributed by atoms with Crippen molar-refractivity contribution in [3.8, 4) is 17.1 Å². The monoisotopic (exact) mass is 577 g/mol. The summed E-state index contributed by atoms with van der Waals surface area (Å²) in [6, 6.07) is 57.5. The van der Waals surface area contributed by atoms with Gasteiger partial charge in [0.25, 0.3) is 0 Å². The van der Waals surface area contributed by atoms with Crippen molar-refractivity contribution >= 4 is 60.7 Å². The van der Waals surface area contributed by atoms with Crippen LogP contribution in [-0.4, -0.2) is 9.55 Å². The number of hydrogen-bond donors (Lipinski definition) is 0. The number of nitrogens with zero attached hydrogens (tertiary/aromatic N) is 3. The van der Waals surface area contributed by atoms with Gasteiger partial charge in [-0.25, -0.2) is 4.98 Å². The molecule has 212 valence electrons. The zero-order valence-corrected chi connectivity index (χ0v) is 24.3. The van der Waals surface area contributed by atoms with Crippen LogP contribution in [0.1, 0.15) is 0 Å². The molecule has 0 N–H and O–H groups in total. The van der Waals surface area contributed by atoms with E-state index in [0.717, 1.165) is 39.4 Å². The molecule has 2 heterocycles. The number of rotatable bonds is 5. The molecule has 4 heteroatoms. The van der Waals surface area contributed by atoms with Gasteiger partial charge in [-0.2, -0.15) is 0 Å². The Morgan fingerprint density at radius 2 is 1.07 bits per heavy atom. The standard InChI is InChI=1S/C41H27N3O/c1-2-10-30-27-34(22-17-28(30)9-1)43(31-20-18-29(19-21-31)41-42-37-13-5-8-16-40(37)45-41)32-23-25-33(26-24-32)44-38-14-6-3-11-35(38)36-12-4-7-15-39(36)44/h1-27H. The lowest BCUT2D eigenvalue weighted by atomic mass is 10.1. The molecule has 9 aromatic rings. The maximum absolute atomic E-state index is 6.05. The van der Waals surface area contributed by atoms with E-state index in [1.165, 1.54) is 32.6 Å². The summed E-state index contributed by atoms with van der Waals surface area (Å²) >= 11 is 0. The van der Waals surface area contributed by atoms with E-state index in [-0.39, 0.29) is 0 Å². The molecule has 0 saturated heterocycles. The van der Waals surface area contributed by atoms with Crippen molar-refractivity contribution in [3.63, 3.8) is 0 Å². The first-order chi connectivity index (χ1) is 22.3. The predicted molar refractivity (Wildman–Crippen MR) is 186 cm³/mol. The molecule has 0 fully saturated rings. The summed E-state index contributed by atoms with van der Waals surface area (Å²) in [5.74, 6) is 0.621. The van der Waals surface area contributed by atoms with Crippen molar-refractivity contribution in [2.24, 2.45) is 0 Å². The van der Waals surface area contributed by atoms with Gasteiger partial charge in [-0.3, -0.25) is 0 Å². The summed E-state index contributed by atoms with van der Waals surface area (Å²) in [6.45, 7) is 0. The molecule has 0 amide bonds. The summed E-state index contributed by atoms with van der Waals surface area (Å²) < 4.78 is 8.41. The Morgan fingerprint density at radius 3 is 1.78 bits per heavy atom. The van der Waals surface area contributed by atoms with Crippen LogP contribution in [0.2, 0.25) is 0 Å². The lowest BCUT2D eigenvalue weighted by Gasteiger charge is -2.26. The summed E-state index contributed by atoms with van der Waals surface area (Å²) in [7, 11) is 0. The number of oxazole rings is 1. The van der Waals surface area contributed by atoms with E-state index in [1.54, 1.807) is 0 Å². The molecule has 7 aromatic carbocycles. The molecule has 0 atom stereocenters. The van der Waals surface area contributed by atoms with Gasteiger partial charge in [-0.05, 0) is 95.7 Å². The predicted octanol–water partition coefficient (Wildman–Crippen LogP) is 11.2. The van der Waals surface area contributed by atoms with Gasteiger partial charge in [-0.1, -0.05) is 78.9 Å². The molecule has 0 radical (unpaired) electrons. The molecule has 4 nitrogen and oxygen atoms in total. The average Bonchev–Trinajstić information content (AvgIpc) is 3.69. The third-order valence-corrected chi connectivity index (χ3v) is 8.60. The smallest absolute Gasteiger partial charge is 0.227 e. The first kappa shape index (κ1) is 25.4. The Bertz CT molecular complexity index is 2400. The van der Waals surface area contributed by atoms with Crippen LogP contribution < -0.4 is 4.90 Å². The topological polar surface area (TPSA) is 34.2 Å². The largest absolute Gasteiger partial charge is 0.436 e. The third-order valence-electron chi connectivity index (χ3n) is 8.60. The van der Waals surface area contributed by atoms with Gasteiger partial charge >= 0.3 is 0 Å². The zero-order valence-electron chi connectivity index (χ0n) is 24.3. The average molecular weight is 578 g/mol. The molecule has 0 aliphatic heterocycles. The normalized spacial score (nSPS) is 11.6. The fraction of sp³-hybridized carbons (Fsp3) is 0. The van der Waals surface area contributed by atoms with Crippen molar-refractivity contribution in [1.29, 1.82) is 0 Å². The SMILES string of the molecule is c1ccc2cc(N(c3ccc(-c4nc5ccccc5o4)cc3)c3ccc(-n4c5ccccc5c5ccccc54)cc3)ccc2c1. The van der Waals surface area contributed by atoms with E-state index in [4.69, 9.17) is 9.40 Å². The minimum atomic E-state index is 0.621. The van der Waals surface area contributed by atoms with Crippen molar-refractivity contribution in [2.75, 3.05) is 4.90 Å². The van der Waals surface area contributed by atoms with Crippen LogP contribution in [0.3, 0.4) is 0 Å². The number of benzene rings is 7. The number of anilines is 3. The first-order valence-corrected chi connectivity index (χ1v) is 15.1. The van der Waals surface area contributed by atoms with Crippen molar-refractivity contribution in [3.05, 3.63) is 164 Å². The molecule has 0 saturated carbocycles. The molecule has 0 unspecified atom stereocenters. The van der Waals surface area contributed by atoms with Crippen molar-refractivity contribution in [1.82, 2.24) is 9.55 Å². The van der Waals surface area contributed by atoms with Crippen LogP contribution in [0.5, 0.6) is 0 Å². The highest BCUT2D eigenvalue weighted by Gasteiger charge is 2.16. The van der Waals surface area contributed by atoms with E-state index < -0.39 is 0 Å². The minimum absolute atomic E-state index is 0.621. The van der Waals surface area contributed by atoms with Gasteiger partial charge in [-0.15, -0.1) is 0 Å². The first-order valence-electron chi connectivity index (χ1n) is 15.1. The summed E-state index contributed by atoms with van der Waals surface area (Å²) in [5, 5.41) is 4.93. The molecule has 0 aliphatic carbocycles. The Balaban J connectivity index is 1.16. The van der Waals surface area contributed by atoms with Gasteiger partial charge in [0.2, 0.25) is 5.89 Å². The Kier molecular flexibility index (Phi) is 5.78. The second kappa shape index (κ2) is 10.2. The van der Waals surface area contributed by atoms with Crippen LogP contribution in [0, 0.1) is 0 Å². The van der Waals surface area contributed by atoms with Gasteiger partial charge < -0.3 is 13.9 Å². The quantitative estimate of drug-likeness (QED) is 0.204. The van der Waals surface area contributed by atoms with Gasteiger partial charge in [0, 0.05) is 39.1 Å². The second-order valence-electron chi connectivity index (χ2n) is 11.3. The molecule has 0 spiro atoms. The fourth-order valence-corrected chi connectivity index (χ4v) is 6.46. The molecular formula is C41H27N3O. The van der Waals surface area contributed by atoms with Crippen LogP contribution >= 0.6 is 0 Å². The van der Waals surface area contributed by atoms with Crippen molar-refractivity contribution in [2.45, 2.75) is 0 Å². The molecule has 0 aliphatic rings. The maximum Gasteiger partial charge on any atom is 0.227 e. The lowest BCUT2D eigenvalue weighted by Crippen LogP contribution is -2.10. The van der Waals surface area contributed by atoms with E-state index in [0.29, 0.717) is 5.89 Å². The number of aromatic nitrogens is 2. The number of hydrogen-bond acceptors (Lipinski definition) is 3. The van der Waals surface area contributed by atoms with Crippen LogP contribution in [0.4, 0.5) is 17.1 Å². The fourth-order valence-electron chi connectivity index (χ4n) is 6.46. The zero-order chi connectivity index (χ0) is 29.7. The van der Waals surface area contributed by atoms with Crippen LogP contribution in [-0.2, 0) is 0 Å². The Hall–Kier alpha value is -6.13.